The van der Waals surface area contributed by atoms with Gasteiger partial charge in [0.05, 0.1) is 17.1 Å². The molecule has 0 fully saturated rings. The molecule has 196 valence electrons. The van der Waals surface area contributed by atoms with Crippen molar-refractivity contribution in [2.45, 2.75) is 18.0 Å². The van der Waals surface area contributed by atoms with Gasteiger partial charge in [0, 0.05) is 55.1 Å². The quantitative estimate of drug-likeness (QED) is 0.307. The molecule has 0 aliphatic rings. The minimum absolute atomic E-state index is 0.0168. The molecule has 2 N–H and O–H groups in total. The van der Waals surface area contributed by atoms with Crippen LogP contribution in [0.1, 0.15) is 32.7 Å². The van der Waals surface area contributed by atoms with Crippen LogP contribution in [0, 0.1) is 17.7 Å². The fourth-order valence-corrected chi connectivity index (χ4v) is 4.97. The molecule has 0 saturated heterocycles. The Bertz CT molecular complexity index is 1830. The van der Waals surface area contributed by atoms with Crippen LogP contribution in [0.15, 0.2) is 90.3 Å². The van der Waals surface area contributed by atoms with Crippen molar-refractivity contribution < 1.29 is 17.6 Å². The molecule has 0 saturated carbocycles. The molecule has 0 atom stereocenters. The number of pyridine rings is 1. The van der Waals surface area contributed by atoms with Gasteiger partial charge in [0.2, 0.25) is 10.0 Å². The lowest BCUT2D eigenvalue weighted by molar-refractivity contribution is 0.0950. The number of aromatic nitrogens is 4. The van der Waals surface area contributed by atoms with Crippen LogP contribution in [0.3, 0.4) is 0 Å². The lowest BCUT2D eigenvalue weighted by atomic mass is 10.1. The topological polar surface area (TPSA) is 110 Å². The Labute approximate surface area is 224 Å². The first-order valence-corrected chi connectivity index (χ1v) is 13.3. The average Bonchev–Trinajstić information content (AvgIpc) is 3.58. The number of rotatable bonds is 7. The van der Waals surface area contributed by atoms with E-state index in [0.29, 0.717) is 11.3 Å². The summed E-state index contributed by atoms with van der Waals surface area (Å²) in [7, 11) is -2.27. The first kappa shape index (κ1) is 25.8. The Morgan fingerprint density at radius 2 is 1.79 bits per heavy atom. The molecule has 0 aliphatic heterocycles. The van der Waals surface area contributed by atoms with Crippen molar-refractivity contribution in [3.63, 3.8) is 0 Å². The highest BCUT2D eigenvalue weighted by molar-refractivity contribution is 7.89. The van der Waals surface area contributed by atoms with E-state index < -0.39 is 21.7 Å². The Hall–Kier alpha value is -4.79. The van der Waals surface area contributed by atoms with Gasteiger partial charge in [-0.05, 0) is 66.2 Å². The van der Waals surface area contributed by atoms with Crippen molar-refractivity contribution >= 4 is 21.6 Å². The molecule has 5 rings (SSSR count). The lowest BCUT2D eigenvalue weighted by Crippen LogP contribution is -2.26. The van der Waals surface area contributed by atoms with Crippen LogP contribution in [-0.2, 0) is 30.2 Å². The molecule has 1 amide bonds. The Kier molecular flexibility index (Phi) is 7.23. The van der Waals surface area contributed by atoms with Crippen LogP contribution in [0.25, 0.3) is 5.65 Å². The summed E-state index contributed by atoms with van der Waals surface area (Å²) in [4.78, 5) is 17.1. The molecule has 3 heterocycles. The van der Waals surface area contributed by atoms with Crippen molar-refractivity contribution in [2.75, 3.05) is 0 Å². The van der Waals surface area contributed by atoms with E-state index in [9.17, 15) is 17.6 Å². The third-order valence-electron chi connectivity index (χ3n) is 5.84. The van der Waals surface area contributed by atoms with Gasteiger partial charge in [0.15, 0.2) is 0 Å². The van der Waals surface area contributed by atoms with Gasteiger partial charge in [0.25, 0.3) is 5.91 Å². The molecule has 11 heteroatoms. The van der Waals surface area contributed by atoms with Crippen LogP contribution in [-0.4, -0.2) is 33.5 Å². The standard InChI is InChI=1S/C28H23FN6O3S/c1-34-13-11-25(33-34)19-32-39(37,38)26-9-6-23(17-22(26)5-2-20-3-7-24(29)8-4-20)28(36)31-18-21-10-14-35-15-12-30-27(35)16-21/h3-4,6-17,32H,18-19H2,1H3,(H,31,36). The van der Waals surface area contributed by atoms with Crippen LogP contribution in [0.5, 0.6) is 0 Å². The number of hydrogen-bond donors (Lipinski definition) is 2. The summed E-state index contributed by atoms with van der Waals surface area (Å²) in [6.07, 6.45) is 7.08. The normalized spacial score (nSPS) is 11.2. The number of nitrogens with zero attached hydrogens (tertiary/aromatic N) is 4. The van der Waals surface area contributed by atoms with Gasteiger partial charge < -0.3 is 9.72 Å². The van der Waals surface area contributed by atoms with E-state index in [1.807, 2.05) is 28.9 Å². The average molecular weight is 543 g/mol. The van der Waals surface area contributed by atoms with E-state index in [1.54, 1.807) is 30.2 Å². The zero-order valence-electron chi connectivity index (χ0n) is 20.8. The number of hydrogen-bond acceptors (Lipinski definition) is 5. The number of halogens is 1. The molecule has 0 aliphatic carbocycles. The number of sulfonamides is 1. The number of carbonyl (C=O) groups is 1. The second kappa shape index (κ2) is 10.9. The van der Waals surface area contributed by atoms with E-state index in [4.69, 9.17) is 0 Å². The molecule has 0 bridgehead atoms. The predicted octanol–water partition coefficient (Wildman–Crippen LogP) is 3.02. The minimum Gasteiger partial charge on any atom is -0.348 e. The second-order valence-corrected chi connectivity index (χ2v) is 10.4. The maximum absolute atomic E-state index is 13.3. The Morgan fingerprint density at radius 1 is 0.974 bits per heavy atom. The summed E-state index contributed by atoms with van der Waals surface area (Å²) in [5.41, 5.74) is 3.02. The fourth-order valence-electron chi connectivity index (χ4n) is 3.83. The highest BCUT2D eigenvalue weighted by Crippen LogP contribution is 2.18. The van der Waals surface area contributed by atoms with E-state index in [2.05, 4.69) is 32.0 Å². The summed E-state index contributed by atoms with van der Waals surface area (Å²) in [6, 6.07) is 15.2. The van der Waals surface area contributed by atoms with E-state index in [0.717, 1.165) is 11.2 Å². The summed E-state index contributed by atoms with van der Waals surface area (Å²) in [5, 5.41) is 7.03. The number of fused-ring (bicyclic) bond motifs is 1. The zero-order valence-corrected chi connectivity index (χ0v) is 21.6. The Morgan fingerprint density at radius 3 is 2.56 bits per heavy atom. The smallest absolute Gasteiger partial charge is 0.251 e. The van der Waals surface area contributed by atoms with Gasteiger partial charge in [-0.25, -0.2) is 22.5 Å². The molecule has 5 aromatic rings. The van der Waals surface area contributed by atoms with E-state index >= 15 is 0 Å². The van der Waals surface area contributed by atoms with Crippen LogP contribution < -0.4 is 10.0 Å². The van der Waals surface area contributed by atoms with Crippen molar-refractivity contribution in [2.24, 2.45) is 7.05 Å². The van der Waals surface area contributed by atoms with Crippen LogP contribution >= 0.6 is 0 Å². The van der Waals surface area contributed by atoms with Gasteiger partial charge in [0.1, 0.15) is 11.5 Å². The van der Waals surface area contributed by atoms with E-state index in [-0.39, 0.29) is 29.1 Å². The number of carbonyl (C=O) groups excluding carboxylic acids is 1. The van der Waals surface area contributed by atoms with Gasteiger partial charge in [-0.1, -0.05) is 11.8 Å². The third kappa shape index (κ3) is 6.20. The lowest BCUT2D eigenvalue weighted by Gasteiger charge is -2.11. The highest BCUT2D eigenvalue weighted by Gasteiger charge is 2.20. The van der Waals surface area contributed by atoms with Crippen molar-refractivity contribution in [1.29, 1.82) is 0 Å². The first-order chi connectivity index (χ1) is 18.8. The van der Waals surface area contributed by atoms with Crippen molar-refractivity contribution in [1.82, 2.24) is 29.2 Å². The Balaban J connectivity index is 1.41. The molecule has 0 spiro atoms. The maximum atomic E-state index is 13.3. The molecule has 3 aromatic heterocycles. The van der Waals surface area contributed by atoms with Gasteiger partial charge in [-0.2, -0.15) is 5.10 Å². The second-order valence-electron chi connectivity index (χ2n) is 8.68. The van der Waals surface area contributed by atoms with E-state index in [1.165, 1.54) is 42.5 Å². The number of imidazole rings is 1. The molecule has 0 radical (unpaired) electrons. The first-order valence-electron chi connectivity index (χ1n) is 11.9. The molecule has 0 unspecified atom stereocenters. The SMILES string of the molecule is Cn1ccc(CNS(=O)(=O)c2ccc(C(=O)NCc3ccn4ccnc4c3)cc2C#Cc2ccc(F)cc2)n1. The number of nitrogens with one attached hydrogen (secondary N) is 2. The number of aryl methyl sites for hydroxylation is 1. The van der Waals surface area contributed by atoms with Crippen molar-refractivity contribution in [3.8, 4) is 11.8 Å². The molecule has 2 aromatic carbocycles. The summed E-state index contributed by atoms with van der Waals surface area (Å²) >= 11 is 0. The number of benzene rings is 2. The maximum Gasteiger partial charge on any atom is 0.251 e. The zero-order chi connectivity index (χ0) is 27.4. The molecular formula is C28H23FN6O3S. The number of amides is 1. The summed E-state index contributed by atoms with van der Waals surface area (Å²) < 4.78 is 45.7. The van der Waals surface area contributed by atoms with Gasteiger partial charge >= 0.3 is 0 Å². The van der Waals surface area contributed by atoms with Crippen molar-refractivity contribution in [3.05, 3.63) is 119 Å². The van der Waals surface area contributed by atoms with Crippen LogP contribution in [0.2, 0.25) is 0 Å². The summed E-state index contributed by atoms with van der Waals surface area (Å²) in [6.45, 7) is 0.238. The largest absolute Gasteiger partial charge is 0.348 e. The molecule has 39 heavy (non-hydrogen) atoms. The highest BCUT2D eigenvalue weighted by atomic mass is 32.2. The van der Waals surface area contributed by atoms with Crippen LogP contribution in [0.4, 0.5) is 4.39 Å². The summed E-state index contributed by atoms with van der Waals surface area (Å²) in [5.74, 6) is 4.89. The molecule has 9 nitrogen and oxygen atoms in total. The van der Waals surface area contributed by atoms with Gasteiger partial charge in [-0.3, -0.25) is 9.48 Å². The minimum atomic E-state index is -4.01. The third-order valence-corrected chi connectivity index (χ3v) is 7.30. The monoisotopic (exact) mass is 542 g/mol. The molecular weight excluding hydrogens is 519 g/mol. The van der Waals surface area contributed by atoms with Gasteiger partial charge in [-0.15, -0.1) is 0 Å². The predicted molar refractivity (Wildman–Crippen MR) is 142 cm³/mol. The fraction of sp³-hybridized carbons (Fsp3) is 0.107.